The molecule has 0 saturated carbocycles. The fourth-order valence-electron chi connectivity index (χ4n) is 3.67. The quantitative estimate of drug-likeness (QED) is 0.361. The number of halogens is 3. The van der Waals surface area contributed by atoms with Gasteiger partial charge in [-0.2, -0.15) is 4.39 Å². The maximum Gasteiger partial charge on any atom is 0.269 e. The van der Waals surface area contributed by atoms with Gasteiger partial charge in [-0.15, -0.1) is 6.58 Å². The van der Waals surface area contributed by atoms with E-state index in [4.69, 9.17) is 14.2 Å². The normalized spacial score (nSPS) is 18.2. The number of hydrogen-bond acceptors (Lipinski definition) is 4. The predicted octanol–water partition coefficient (Wildman–Crippen LogP) is 5.80. The second kappa shape index (κ2) is 10.2. The van der Waals surface area contributed by atoms with Crippen LogP contribution in [0.4, 0.5) is 13.2 Å². The van der Waals surface area contributed by atoms with Gasteiger partial charge < -0.3 is 19.3 Å². The average Bonchev–Trinajstić information content (AvgIpc) is 2.83. The smallest absolute Gasteiger partial charge is 0.269 e. The molecule has 0 aromatic heterocycles. The molecule has 0 aliphatic carbocycles. The van der Waals surface area contributed by atoms with E-state index in [1.165, 1.54) is 18.2 Å². The lowest BCUT2D eigenvalue weighted by molar-refractivity contribution is -0.293. The molecular weight excluding hydrogens is 433 g/mol. The van der Waals surface area contributed by atoms with E-state index in [0.717, 1.165) is 5.56 Å². The Morgan fingerprint density at radius 2 is 1.58 bits per heavy atom. The minimum Gasteiger partial charge on any atom is -0.490 e. The number of rotatable bonds is 7. The highest BCUT2D eigenvalue weighted by Gasteiger charge is 2.24. The van der Waals surface area contributed by atoms with Crippen molar-refractivity contribution in [2.75, 3.05) is 19.8 Å². The van der Waals surface area contributed by atoms with Crippen LogP contribution in [0.25, 0.3) is 22.3 Å². The van der Waals surface area contributed by atoms with E-state index in [2.05, 4.69) is 6.58 Å². The van der Waals surface area contributed by atoms with Gasteiger partial charge in [0.2, 0.25) is 5.82 Å². The summed E-state index contributed by atoms with van der Waals surface area (Å²) in [6.07, 6.45) is 2.16. The van der Waals surface area contributed by atoms with E-state index in [-0.39, 0.29) is 37.1 Å². The lowest BCUT2D eigenvalue weighted by atomic mass is 9.95. The molecule has 1 heterocycles. The number of aliphatic hydroxyl groups is 1. The van der Waals surface area contributed by atoms with Gasteiger partial charge >= 0.3 is 0 Å². The van der Waals surface area contributed by atoms with Crippen LogP contribution in [0.3, 0.4) is 0 Å². The predicted molar refractivity (Wildman–Crippen MR) is 118 cm³/mol. The van der Waals surface area contributed by atoms with Gasteiger partial charge in [-0.1, -0.05) is 42.5 Å². The number of benzene rings is 3. The zero-order chi connectivity index (χ0) is 23.4. The van der Waals surface area contributed by atoms with Crippen molar-refractivity contribution >= 4 is 0 Å². The molecule has 172 valence electrons. The van der Waals surface area contributed by atoms with Gasteiger partial charge in [0.15, 0.2) is 11.6 Å². The first-order valence-electron chi connectivity index (χ1n) is 10.5. The number of aliphatic hydroxyl groups excluding tert-OH is 1. The molecule has 1 aliphatic rings. The second-order valence-electron chi connectivity index (χ2n) is 7.65. The Labute approximate surface area is 189 Å². The van der Waals surface area contributed by atoms with Gasteiger partial charge in [-0.3, -0.25) is 0 Å². The Kier molecular flexibility index (Phi) is 7.13. The molecule has 1 aliphatic heterocycles. The molecule has 3 aromatic carbocycles. The summed E-state index contributed by atoms with van der Waals surface area (Å²) in [5.74, 6) is -2.90. The van der Waals surface area contributed by atoms with E-state index in [1.807, 2.05) is 0 Å². The Morgan fingerprint density at radius 3 is 2.24 bits per heavy atom. The van der Waals surface area contributed by atoms with Crippen LogP contribution < -0.4 is 4.74 Å². The molecule has 3 aromatic rings. The zero-order valence-corrected chi connectivity index (χ0v) is 17.8. The first kappa shape index (κ1) is 23.0. The third-order valence-corrected chi connectivity index (χ3v) is 5.48. The van der Waals surface area contributed by atoms with Crippen LogP contribution in [-0.2, 0) is 9.47 Å². The summed E-state index contributed by atoms with van der Waals surface area (Å²) < 4.78 is 59.0. The Hall–Kier alpha value is -3.13. The largest absolute Gasteiger partial charge is 0.490 e. The van der Waals surface area contributed by atoms with Crippen molar-refractivity contribution in [2.45, 2.75) is 18.8 Å². The zero-order valence-electron chi connectivity index (χ0n) is 17.8. The summed E-state index contributed by atoms with van der Waals surface area (Å²) >= 11 is 0. The molecule has 0 bridgehead atoms. The Bertz CT molecular complexity index is 1120. The van der Waals surface area contributed by atoms with Crippen molar-refractivity contribution < 1.29 is 32.5 Å². The van der Waals surface area contributed by atoms with E-state index < -0.39 is 23.9 Å². The highest BCUT2D eigenvalue weighted by atomic mass is 19.2. The first-order valence-corrected chi connectivity index (χ1v) is 10.5. The summed E-state index contributed by atoms with van der Waals surface area (Å²) in [7, 11) is 0. The number of ether oxygens (including phenoxy) is 3. The van der Waals surface area contributed by atoms with Gasteiger partial charge in [0.25, 0.3) is 6.48 Å². The molecule has 0 amide bonds. The van der Waals surface area contributed by atoms with Gasteiger partial charge in [0.05, 0.1) is 19.8 Å². The second-order valence-corrected chi connectivity index (χ2v) is 7.65. The van der Waals surface area contributed by atoms with E-state index in [9.17, 15) is 18.3 Å². The third-order valence-electron chi connectivity index (χ3n) is 5.48. The van der Waals surface area contributed by atoms with Crippen molar-refractivity contribution in [1.29, 1.82) is 0 Å². The summed E-state index contributed by atoms with van der Waals surface area (Å²) in [6, 6.07) is 14.5. The van der Waals surface area contributed by atoms with Gasteiger partial charge in [-0.25, -0.2) is 8.78 Å². The SMILES string of the molecule is C=CCCOc1ccc(-c2ccc(-c3ccc(C4COC(O)OC4)c(F)c3)cc2)c(F)c1F. The van der Waals surface area contributed by atoms with Gasteiger partial charge in [0.1, 0.15) is 5.82 Å². The molecule has 4 nitrogen and oxygen atoms in total. The molecule has 0 radical (unpaired) electrons. The lowest BCUT2D eigenvalue weighted by Gasteiger charge is -2.26. The maximum atomic E-state index is 14.7. The topological polar surface area (TPSA) is 47.9 Å². The minimum absolute atomic E-state index is 0.108. The lowest BCUT2D eigenvalue weighted by Crippen LogP contribution is -2.30. The van der Waals surface area contributed by atoms with Crippen LogP contribution >= 0.6 is 0 Å². The van der Waals surface area contributed by atoms with E-state index in [1.54, 1.807) is 42.5 Å². The molecule has 7 heteroatoms. The highest BCUT2D eigenvalue weighted by Crippen LogP contribution is 2.33. The molecule has 1 saturated heterocycles. The monoisotopic (exact) mass is 456 g/mol. The van der Waals surface area contributed by atoms with Crippen LogP contribution in [0.15, 0.2) is 67.3 Å². The molecular formula is C26H23F3O4. The van der Waals surface area contributed by atoms with Crippen LogP contribution in [0.5, 0.6) is 5.75 Å². The number of hydrogen-bond donors (Lipinski definition) is 1. The van der Waals surface area contributed by atoms with Crippen molar-refractivity contribution in [3.05, 3.63) is 90.3 Å². The molecule has 0 unspecified atom stereocenters. The first-order chi connectivity index (χ1) is 16.0. The molecule has 1 fully saturated rings. The van der Waals surface area contributed by atoms with Crippen molar-refractivity contribution in [3.8, 4) is 28.0 Å². The van der Waals surface area contributed by atoms with Crippen molar-refractivity contribution in [3.63, 3.8) is 0 Å². The van der Waals surface area contributed by atoms with Crippen molar-refractivity contribution in [1.82, 2.24) is 0 Å². The summed E-state index contributed by atoms with van der Waals surface area (Å²) in [6.45, 7) is 2.82. The Balaban J connectivity index is 1.52. The molecule has 0 atom stereocenters. The minimum atomic E-state index is -1.28. The summed E-state index contributed by atoms with van der Waals surface area (Å²) in [5, 5.41) is 9.24. The van der Waals surface area contributed by atoms with E-state index >= 15 is 0 Å². The highest BCUT2D eigenvalue weighted by molar-refractivity contribution is 5.71. The van der Waals surface area contributed by atoms with E-state index in [0.29, 0.717) is 23.1 Å². The fraction of sp³-hybridized carbons (Fsp3) is 0.231. The van der Waals surface area contributed by atoms with Gasteiger partial charge in [-0.05, 0) is 46.9 Å². The third kappa shape index (κ3) is 5.11. The standard InChI is InChI=1S/C26H23F3O4/c1-2-3-12-31-23-11-10-21(24(28)25(23)29)17-6-4-16(5-7-17)18-8-9-20(22(27)13-18)19-14-32-26(30)33-15-19/h2,4-11,13,19,26,30H,1,3,12,14-15H2. The summed E-state index contributed by atoms with van der Waals surface area (Å²) in [4.78, 5) is 0. The maximum absolute atomic E-state index is 14.7. The van der Waals surface area contributed by atoms with Crippen LogP contribution in [0, 0.1) is 17.5 Å². The molecule has 4 rings (SSSR count). The van der Waals surface area contributed by atoms with Crippen LogP contribution in [0.2, 0.25) is 0 Å². The summed E-state index contributed by atoms with van der Waals surface area (Å²) in [5.41, 5.74) is 2.39. The fourth-order valence-corrected chi connectivity index (χ4v) is 3.67. The molecule has 0 spiro atoms. The van der Waals surface area contributed by atoms with Crippen LogP contribution in [0.1, 0.15) is 17.9 Å². The Morgan fingerprint density at radius 1 is 0.909 bits per heavy atom. The van der Waals surface area contributed by atoms with Crippen LogP contribution in [-0.4, -0.2) is 31.4 Å². The molecule has 33 heavy (non-hydrogen) atoms. The van der Waals surface area contributed by atoms with Crippen molar-refractivity contribution in [2.24, 2.45) is 0 Å². The average molecular weight is 456 g/mol. The van der Waals surface area contributed by atoms with Gasteiger partial charge in [0, 0.05) is 11.5 Å². The molecule has 1 N–H and O–H groups in total.